The van der Waals surface area contributed by atoms with E-state index in [2.05, 4.69) is 0 Å². The number of hydrogen-bond acceptors (Lipinski definition) is 3. The first-order valence-corrected chi connectivity index (χ1v) is 5.18. The molecule has 0 amide bonds. The normalized spacial score (nSPS) is 12.1. The fourth-order valence-corrected chi connectivity index (χ4v) is 1.48. The van der Waals surface area contributed by atoms with E-state index in [-0.39, 0.29) is 11.9 Å². The first kappa shape index (κ1) is 11.7. The number of carbonyl (C=O) groups excluding carboxylic acids is 1. The van der Waals surface area contributed by atoms with Gasteiger partial charge in [0.05, 0.1) is 13.0 Å². The quantitative estimate of drug-likeness (QED) is 0.747. The highest BCUT2D eigenvalue weighted by Crippen LogP contribution is 2.18. The zero-order chi connectivity index (χ0) is 11.1. The van der Waals surface area contributed by atoms with Gasteiger partial charge in [0, 0.05) is 5.92 Å². The second kappa shape index (κ2) is 6.19. The molecule has 1 aromatic carbocycles. The summed E-state index contributed by atoms with van der Waals surface area (Å²) >= 11 is 0. The fraction of sp³-hybridized carbons (Fsp3) is 0.417. The Labute approximate surface area is 90.2 Å². The third-order valence-electron chi connectivity index (χ3n) is 2.27. The summed E-state index contributed by atoms with van der Waals surface area (Å²) in [5, 5.41) is 0. The van der Waals surface area contributed by atoms with E-state index in [1.54, 1.807) is 6.92 Å². The van der Waals surface area contributed by atoms with Gasteiger partial charge < -0.3 is 10.5 Å². The number of rotatable bonds is 5. The molecule has 0 saturated heterocycles. The van der Waals surface area contributed by atoms with Gasteiger partial charge in [0.15, 0.2) is 0 Å². The van der Waals surface area contributed by atoms with Gasteiger partial charge in [0.25, 0.3) is 0 Å². The molecule has 3 heteroatoms. The van der Waals surface area contributed by atoms with Crippen LogP contribution >= 0.6 is 0 Å². The number of benzene rings is 1. The second-order valence-corrected chi connectivity index (χ2v) is 3.35. The van der Waals surface area contributed by atoms with Gasteiger partial charge in [-0.05, 0) is 19.0 Å². The zero-order valence-corrected chi connectivity index (χ0v) is 8.98. The molecular formula is C12H17NO2. The smallest absolute Gasteiger partial charge is 0.306 e. The fourth-order valence-electron chi connectivity index (χ4n) is 1.48. The minimum Gasteiger partial charge on any atom is -0.466 e. The Morgan fingerprint density at radius 1 is 1.40 bits per heavy atom. The molecule has 1 aromatic rings. The third-order valence-corrected chi connectivity index (χ3v) is 2.27. The van der Waals surface area contributed by atoms with E-state index in [0.29, 0.717) is 19.6 Å². The number of esters is 1. The van der Waals surface area contributed by atoms with Crippen molar-refractivity contribution < 1.29 is 9.53 Å². The Morgan fingerprint density at radius 3 is 2.60 bits per heavy atom. The van der Waals surface area contributed by atoms with Gasteiger partial charge >= 0.3 is 5.97 Å². The van der Waals surface area contributed by atoms with Crippen LogP contribution in [0.2, 0.25) is 0 Å². The summed E-state index contributed by atoms with van der Waals surface area (Å²) in [5.41, 5.74) is 6.73. The summed E-state index contributed by atoms with van der Waals surface area (Å²) in [6.45, 7) is 2.69. The Hall–Kier alpha value is -1.35. The Kier molecular flexibility index (Phi) is 4.84. The van der Waals surface area contributed by atoms with Crippen LogP contribution in [0.15, 0.2) is 30.3 Å². The minimum absolute atomic E-state index is 0.0604. The predicted molar refractivity (Wildman–Crippen MR) is 59.5 cm³/mol. The van der Waals surface area contributed by atoms with Gasteiger partial charge in [-0.15, -0.1) is 0 Å². The van der Waals surface area contributed by atoms with Crippen molar-refractivity contribution in [3.63, 3.8) is 0 Å². The number of ether oxygens (including phenoxy) is 1. The molecule has 0 heterocycles. The lowest BCUT2D eigenvalue weighted by Gasteiger charge is -2.13. The molecule has 0 aromatic heterocycles. The Balaban J connectivity index is 2.61. The van der Waals surface area contributed by atoms with Crippen molar-refractivity contribution in [3.05, 3.63) is 35.9 Å². The zero-order valence-electron chi connectivity index (χ0n) is 8.98. The average molecular weight is 207 g/mol. The molecule has 0 aliphatic heterocycles. The van der Waals surface area contributed by atoms with Crippen LogP contribution in [0, 0.1) is 0 Å². The van der Waals surface area contributed by atoms with E-state index in [9.17, 15) is 4.79 Å². The maximum absolute atomic E-state index is 11.3. The first-order valence-electron chi connectivity index (χ1n) is 5.18. The lowest BCUT2D eigenvalue weighted by atomic mass is 9.96. The number of carbonyl (C=O) groups is 1. The number of hydrogen-bond donors (Lipinski definition) is 1. The maximum atomic E-state index is 11.3. The highest BCUT2D eigenvalue weighted by molar-refractivity contribution is 5.70. The average Bonchev–Trinajstić information content (AvgIpc) is 2.27. The van der Waals surface area contributed by atoms with Crippen LogP contribution in [0.25, 0.3) is 0 Å². The SMILES string of the molecule is CCOC(=O)C[C@@H](CN)c1ccccc1. The molecule has 0 radical (unpaired) electrons. The summed E-state index contributed by atoms with van der Waals surface area (Å²) in [6.07, 6.45) is 0.356. The largest absolute Gasteiger partial charge is 0.466 e. The summed E-state index contributed by atoms with van der Waals surface area (Å²) in [7, 11) is 0. The molecule has 0 bridgehead atoms. The highest BCUT2D eigenvalue weighted by atomic mass is 16.5. The molecule has 15 heavy (non-hydrogen) atoms. The maximum Gasteiger partial charge on any atom is 0.306 e. The van der Waals surface area contributed by atoms with E-state index >= 15 is 0 Å². The Morgan fingerprint density at radius 2 is 2.07 bits per heavy atom. The monoisotopic (exact) mass is 207 g/mol. The first-order chi connectivity index (χ1) is 7.27. The van der Waals surface area contributed by atoms with Crippen molar-refractivity contribution in [3.8, 4) is 0 Å². The van der Waals surface area contributed by atoms with Gasteiger partial charge in [-0.1, -0.05) is 30.3 Å². The Bertz CT molecular complexity index is 298. The lowest BCUT2D eigenvalue weighted by molar-refractivity contribution is -0.143. The molecule has 1 atom stereocenters. The molecule has 82 valence electrons. The van der Waals surface area contributed by atoms with Crippen molar-refractivity contribution in [1.29, 1.82) is 0 Å². The van der Waals surface area contributed by atoms with Crippen molar-refractivity contribution in [2.75, 3.05) is 13.2 Å². The topological polar surface area (TPSA) is 52.3 Å². The van der Waals surface area contributed by atoms with Crippen molar-refractivity contribution in [2.45, 2.75) is 19.3 Å². The molecule has 3 nitrogen and oxygen atoms in total. The van der Waals surface area contributed by atoms with Crippen LogP contribution in [0.3, 0.4) is 0 Å². The van der Waals surface area contributed by atoms with E-state index in [0.717, 1.165) is 5.56 Å². The predicted octanol–water partition coefficient (Wildman–Crippen LogP) is 1.68. The summed E-state index contributed by atoms with van der Waals surface area (Å²) in [5.74, 6) is -0.123. The minimum atomic E-state index is -0.184. The third kappa shape index (κ3) is 3.72. The van der Waals surface area contributed by atoms with Crippen molar-refractivity contribution in [1.82, 2.24) is 0 Å². The summed E-state index contributed by atoms with van der Waals surface area (Å²) in [4.78, 5) is 11.3. The molecule has 1 rings (SSSR count). The molecule has 0 saturated carbocycles. The van der Waals surface area contributed by atoms with Gasteiger partial charge in [-0.25, -0.2) is 0 Å². The van der Waals surface area contributed by atoms with Gasteiger partial charge in [-0.2, -0.15) is 0 Å². The molecular weight excluding hydrogens is 190 g/mol. The molecule has 0 spiro atoms. The molecule has 0 unspecified atom stereocenters. The number of nitrogens with two attached hydrogens (primary N) is 1. The standard InChI is InChI=1S/C12H17NO2/c1-2-15-12(14)8-11(9-13)10-6-4-3-5-7-10/h3-7,11H,2,8-9,13H2,1H3/t11-/m0/s1. The van der Waals surface area contributed by atoms with Crippen molar-refractivity contribution >= 4 is 5.97 Å². The van der Waals surface area contributed by atoms with E-state index in [1.165, 1.54) is 0 Å². The summed E-state index contributed by atoms with van der Waals surface area (Å²) in [6, 6.07) is 9.81. The molecule has 0 fully saturated rings. The van der Waals surface area contributed by atoms with Gasteiger partial charge in [-0.3, -0.25) is 4.79 Å². The van der Waals surface area contributed by atoms with E-state index in [1.807, 2.05) is 30.3 Å². The molecule has 0 aliphatic carbocycles. The van der Waals surface area contributed by atoms with E-state index < -0.39 is 0 Å². The van der Waals surface area contributed by atoms with Crippen molar-refractivity contribution in [2.24, 2.45) is 5.73 Å². The van der Waals surface area contributed by atoms with Gasteiger partial charge in [0.1, 0.15) is 0 Å². The van der Waals surface area contributed by atoms with Gasteiger partial charge in [0.2, 0.25) is 0 Å². The van der Waals surface area contributed by atoms with Crippen LogP contribution in [0.1, 0.15) is 24.8 Å². The van der Waals surface area contributed by atoms with E-state index in [4.69, 9.17) is 10.5 Å². The van der Waals surface area contributed by atoms with Crippen LogP contribution < -0.4 is 5.73 Å². The second-order valence-electron chi connectivity index (χ2n) is 3.35. The summed E-state index contributed by atoms with van der Waals surface area (Å²) < 4.78 is 4.90. The molecule has 0 aliphatic rings. The van der Waals surface area contributed by atoms with Crippen LogP contribution in [0.4, 0.5) is 0 Å². The van der Waals surface area contributed by atoms with Crippen LogP contribution in [-0.2, 0) is 9.53 Å². The van der Waals surface area contributed by atoms with Crippen LogP contribution in [0.5, 0.6) is 0 Å². The molecule has 2 N–H and O–H groups in total. The lowest BCUT2D eigenvalue weighted by Crippen LogP contribution is -2.17. The van der Waals surface area contributed by atoms with Crippen LogP contribution in [-0.4, -0.2) is 19.1 Å². The highest BCUT2D eigenvalue weighted by Gasteiger charge is 2.14.